The maximum atomic E-state index is 6.33. The van der Waals surface area contributed by atoms with E-state index in [4.69, 9.17) is 33.8 Å². The zero-order valence-electron chi connectivity index (χ0n) is 11.4. The second kappa shape index (κ2) is 6.24. The molecule has 0 spiro atoms. The van der Waals surface area contributed by atoms with Gasteiger partial charge in [0.1, 0.15) is 5.75 Å². The first-order valence-electron chi connectivity index (χ1n) is 6.87. The average molecular weight is 323 g/mol. The number of hydrazine groups is 1. The summed E-state index contributed by atoms with van der Waals surface area (Å²) >= 11 is 12.4. The van der Waals surface area contributed by atoms with Crippen LogP contribution in [-0.2, 0) is 6.42 Å². The Morgan fingerprint density at radius 1 is 1.10 bits per heavy atom. The molecule has 1 unspecified atom stereocenters. The minimum atomic E-state index is -0.260. The van der Waals surface area contributed by atoms with Gasteiger partial charge in [0.25, 0.3) is 0 Å². The van der Waals surface area contributed by atoms with Gasteiger partial charge in [0.2, 0.25) is 0 Å². The van der Waals surface area contributed by atoms with Crippen molar-refractivity contribution in [2.75, 3.05) is 6.61 Å². The topological polar surface area (TPSA) is 47.3 Å². The van der Waals surface area contributed by atoms with Crippen molar-refractivity contribution in [2.24, 2.45) is 5.84 Å². The third-order valence-corrected chi connectivity index (χ3v) is 4.57. The smallest absolute Gasteiger partial charge is 0.127 e. The van der Waals surface area contributed by atoms with Gasteiger partial charge in [-0.05, 0) is 30.0 Å². The van der Waals surface area contributed by atoms with Gasteiger partial charge in [-0.25, -0.2) is 5.43 Å². The lowest BCUT2D eigenvalue weighted by atomic mass is 9.94. The number of ether oxygens (including phenoxy) is 1. The van der Waals surface area contributed by atoms with Crippen LogP contribution in [-0.4, -0.2) is 6.61 Å². The van der Waals surface area contributed by atoms with E-state index < -0.39 is 0 Å². The lowest BCUT2D eigenvalue weighted by Gasteiger charge is -2.25. The standard InChI is InChI=1S/C16H16Cl2N2O/c17-13-8-2-6-11(14(13)18)15(20-19)12-7-1-4-10-5-3-9-21-16(10)12/h1-2,4,6-8,15,20H,3,5,9,19H2. The zero-order valence-corrected chi connectivity index (χ0v) is 12.9. The normalized spacial score (nSPS) is 15.2. The van der Waals surface area contributed by atoms with Crippen molar-refractivity contribution in [2.45, 2.75) is 18.9 Å². The van der Waals surface area contributed by atoms with Crippen LogP contribution in [0.4, 0.5) is 0 Å². The summed E-state index contributed by atoms with van der Waals surface area (Å²) in [5, 5.41) is 1.02. The number of benzene rings is 2. The zero-order chi connectivity index (χ0) is 14.8. The van der Waals surface area contributed by atoms with Crippen LogP contribution in [0.2, 0.25) is 10.0 Å². The summed E-state index contributed by atoms with van der Waals surface area (Å²) in [4.78, 5) is 0. The molecule has 0 fully saturated rings. The van der Waals surface area contributed by atoms with Crippen LogP contribution in [0, 0.1) is 0 Å². The number of hydrogen-bond donors (Lipinski definition) is 2. The Morgan fingerprint density at radius 2 is 1.86 bits per heavy atom. The largest absolute Gasteiger partial charge is 0.493 e. The summed E-state index contributed by atoms with van der Waals surface area (Å²) in [6.45, 7) is 0.727. The van der Waals surface area contributed by atoms with Crippen LogP contribution in [0.1, 0.15) is 29.2 Å². The highest BCUT2D eigenvalue weighted by atomic mass is 35.5. The van der Waals surface area contributed by atoms with Gasteiger partial charge < -0.3 is 4.74 Å². The molecule has 0 saturated carbocycles. The fraction of sp³-hybridized carbons (Fsp3) is 0.250. The molecule has 0 aromatic heterocycles. The molecule has 3 rings (SSSR count). The second-order valence-electron chi connectivity index (χ2n) is 5.03. The van der Waals surface area contributed by atoms with Gasteiger partial charge in [0.15, 0.2) is 0 Å². The van der Waals surface area contributed by atoms with Gasteiger partial charge in [-0.2, -0.15) is 0 Å². The summed E-state index contributed by atoms with van der Waals surface area (Å²) in [5.74, 6) is 6.69. The van der Waals surface area contributed by atoms with E-state index >= 15 is 0 Å². The van der Waals surface area contributed by atoms with E-state index in [0.717, 1.165) is 36.3 Å². The summed E-state index contributed by atoms with van der Waals surface area (Å²) < 4.78 is 5.86. The maximum absolute atomic E-state index is 6.33. The van der Waals surface area contributed by atoms with E-state index in [1.54, 1.807) is 6.07 Å². The predicted molar refractivity (Wildman–Crippen MR) is 85.9 cm³/mol. The minimum Gasteiger partial charge on any atom is -0.493 e. The lowest BCUT2D eigenvalue weighted by Crippen LogP contribution is -2.30. The number of fused-ring (bicyclic) bond motifs is 1. The van der Waals surface area contributed by atoms with Gasteiger partial charge in [-0.15, -0.1) is 0 Å². The Balaban J connectivity index is 2.11. The minimum absolute atomic E-state index is 0.260. The van der Waals surface area contributed by atoms with Gasteiger partial charge in [-0.3, -0.25) is 5.84 Å². The molecule has 2 aromatic carbocycles. The van der Waals surface area contributed by atoms with Crippen molar-refractivity contribution in [1.29, 1.82) is 0 Å². The van der Waals surface area contributed by atoms with Crippen molar-refractivity contribution < 1.29 is 4.74 Å². The summed E-state index contributed by atoms with van der Waals surface area (Å²) in [6.07, 6.45) is 2.05. The molecule has 1 heterocycles. The molecule has 2 aromatic rings. The van der Waals surface area contributed by atoms with Crippen molar-refractivity contribution in [3.8, 4) is 5.75 Å². The molecule has 21 heavy (non-hydrogen) atoms. The number of rotatable bonds is 3. The van der Waals surface area contributed by atoms with Crippen molar-refractivity contribution in [3.63, 3.8) is 0 Å². The summed E-state index contributed by atoms with van der Waals surface area (Å²) in [5.41, 5.74) is 5.86. The first kappa shape index (κ1) is 14.7. The number of para-hydroxylation sites is 1. The third-order valence-electron chi connectivity index (χ3n) is 3.73. The van der Waals surface area contributed by atoms with E-state index in [1.165, 1.54) is 5.56 Å². The quantitative estimate of drug-likeness (QED) is 0.666. The van der Waals surface area contributed by atoms with Crippen LogP contribution in [0.25, 0.3) is 0 Å². The van der Waals surface area contributed by atoms with Gasteiger partial charge in [0, 0.05) is 5.56 Å². The predicted octanol–water partition coefficient (Wildman–Crippen LogP) is 3.87. The van der Waals surface area contributed by atoms with E-state index in [9.17, 15) is 0 Å². The summed E-state index contributed by atoms with van der Waals surface area (Å²) in [6, 6.07) is 11.4. The average Bonchev–Trinajstić information content (AvgIpc) is 2.52. The molecule has 0 radical (unpaired) electrons. The SMILES string of the molecule is NNC(c1cccc(Cl)c1Cl)c1cccc2c1OCCC2. The monoisotopic (exact) mass is 322 g/mol. The molecular weight excluding hydrogens is 307 g/mol. The highest BCUT2D eigenvalue weighted by Gasteiger charge is 2.23. The summed E-state index contributed by atoms with van der Waals surface area (Å²) in [7, 11) is 0. The molecule has 1 aliphatic rings. The van der Waals surface area contributed by atoms with Crippen LogP contribution in [0.3, 0.4) is 0 Å². The first-order valence-corrected chi connectivity index (χ1v) is 7.62. The van der Waals surface area contributed by atoms with Crippen LogP contribution >= 0.6 is 23.2 Å². The molecule has 5 heteroatoms. The van der Waals surface area contributed by atoms with E-state index in [2.05, 4.69) is 11.5 Å². The van der Waals surface area contributed by atoms with Crippen LogP contribution < -0.4 is 16.0 Å². The molecule has 0 saturated heterocycles. The number of nitrogens with one attached hydrogen (secondary N) is 1. The number of halogens is 2. The molecule has 3 N–H and O–H groups in total. The Hall–Kier alpha value is -1.26. The van der Waals surface area contributed by atoms with Crippen LogP contribution in [0.15, 0.2) is 36.4 Å². The van der Waals surface area contributed by atoms with Crippen molar-refractivity contribution >= 4 is 23.2 Å². The Bertz CT molecular complexity index is 661. The number of aryl methyl sites for hydroxylation is 1. The van der Waals surface area contributed by atoms with E-state index in [1.807, 2.05) is 24.3 Å². The molecule has 0 aliphatic carbocycles. The van der Waals surface area contributed by atoms with Crippen LogP contribution in [0.5, 0.6) is 5.75 Å². The Morgan fingerprint density at radius 3 is 2.67 bits per heavy atom. The van der Waals surface area contributed by atoms with E-state index in [-0.39, 0.29) is 6.04 Å². The second-order valence-corrected chi connectivity index (χ2v) is 5.82. The van der Waals surface area contributed by atoms with Crippen molar-refractivity contribution in [1.82, 2.24) is 5.43 Å². The van der Waals surface area contributed by atoms with Gasteiger partial charge in [0.05, 0.1) is 22.7 Å². The molecule has 3 nitrogen and oxygen atoms in total. The Kier molecular flexibility index (Phi) is 4.36. The molecule has 1 aliphatic heterocycles. The van der Waals surface area contributed by atoms with E-state index in [0.29, 0.717) is 10.0 Å². The molecule has 1 atom stereocenters. The van der Waals surface area contributed by atoms with Gasteiger partial charge in [-0.1, -0.05) is 53.5 Å². The number of nitrogens with two attached hydrogens (primary N) is 1. The fourth-order valence-electron chi connectivity index (χ4n) is 2.73. The fourth-order valence-corrected chi connectivity index (χ4v) is 3.15. The third kappa shape index (κ3) is 2.74. The Labute approximate surface area is 134 Å². The first-order chi connectivity index (χ1) is 10.2. The molecule has 0 bridgehead atoms. The maximum Gasteiger partial charge on any atom is 0.127 e. The van der Waals surface area contributed by atoms with Gasteiger partial charge >= 0.3 is 0 Å². The molecule has 0 amide bonds. The molecular formula is C16H16Cl2N2O. The highest BCUT2D eigenvalue weighted by Crippen LogP contribution is 2.38. The van der Waals surface area contributed by atoms with Crippen molar-refractivity contribution in [3.05, 3.63) is 63.1 Å². The molecule has 110 valence electrons. The highest BCUT2D eigenvalue weighted by molar-refractivity contribution is 6.42. The lowest BCUT2D eigenvalue weighted by molar-refractivity contribution is 0.283. The number of hydrogen-bond acceptors (Lipinski definition) is 3.